The first-order chi connectivity index (χ1) is 13.6. The normalized spacial score (nSPS) is 13.8. The molecule has 7 heteroatoms. The standard InChI is InChI=1S/C21H20FN3O3/c1-27-18-10-4-12(11-15(18)22)3-8-16-19-17(25-24-16)9-7-14(20(19)28-2)21(26)23-13-5-6-13/h3-4,7-11,13H,5-6H2,1-2H3,(H,23,26)(H,24,25). The van der Waals surface area contributed by atoms with E-state index in [9.17, 15) is 9.18 Å². The summed E-state index contributed by atoms with van der Waals surface area (Å²) in [5.41, 5.74) is 2.49. The van der Waals surface area contributed by atoms with Crippen LogP contribution in [0.3, 0.4) is 0 Å². The van der Waals surface area contributed by atoms with Gasteiger partial charge in [0.05, 0.1) is 36.4 Å². The van der Waals surface area contributed by atoms with E-state index in [2.05, 4.69) is 15.5 Å². The van der Waals surface area contributed by atoms with Crippen LogP contribution < -0.4 is 14.8 Å². The molecule has 1 aliphatic rings. The molecule has 144 valence electrons. The lowest BCUT2D eigenvalue weighted by molar-refractivity contribution is 0.0948. The molecule has 0 saturated heterocycles. The van der Waals surface area contributed by atoms with E-state index >= 15 is 0 Å². The summed E-state index contributed by atoms with van der Waals surface area (Å²) in [5, 5.41) is 10.9. The number of hydrogen-bond acceptors (Lipinski definition) is 4. The van der Waals surface area contributed by atoms with Crippen molar-refractivity contribution in [1.82, 2.24) is 15.5 Å². The molecule has 2 aromatic carbocycles. The second-order valence-electron chi connectivity index (χ2n) is 6.65. The predicted molar refractivity (Wildman–Crippen MR) is 105 cm³/mol. The molecule has 1 aliphatic carbocycles. The largest absolute Gasteiger partial charge is 0.495 e. The minimum Gasteiger partial charge on any atom is -0.495 e. The fourth-order valence-corrected chi connectivity index (χ4v) is 3.07. The number of rotatable bonds is 6. The smallest absolute Gasteiger partial charge is 0.255 e. The zero-order valence-corrected chi connectivity index (χ0v) is 15.6. The van der Waals surface area contributed by atoms with Gasteiger partial charge in [-0.15, -0.1) is 0 Å². The topological polar surface area (TPSA) is 76.2 Å². The van der Waals surface area contributed by atoms with Crippen LogP contribution >= 0.6 is 0 Å². The number of aromatic amines is 1. The molecule has 6 nitrogen and oxygen atoms in total. The molecule has 3 aromatic rings. The zero-order chi connectivity index (χ0) is 19.7. The molecule has 0 atom stereocenters. The minimum atomic E-state index is -0.435. The number of benzene rings is 2. The summed E-state index contributed by atoms with van der Waals surface area (Å²) in [7, 11) is 2.95. The van der Waals surface area contributed by atoms with Crippen molar-refractivity contribution in [1.29, 1.82) is 0 Å². The number of methoxy groups -OCH3 is 2. The second kappa shape index (κ2) is 7.34. The number of H-pyrrole nitrogens is 1. The average Bonchev–Trinajstić information content (AvgIpc) is 3.42. The van der Waals surface area contributed by atoms with Gasteiger partial charge in [0.25, 0.3) is 5.91 Å². The Balaban J connectivity index is 1.70. The van der Waals surface area contributed by atoms with E-state index in [1.165, 1.54) is 20.3 Å². The maximum Gasteiger partial charge on any atom is 0.255 e. The molecule has 0 aliphatic heterocycles. The second-order valence-corrected chi connectivity index (χ2v) is 6.65. The van der Waals surface area contributed by atoms with E-state index in [4.69, 9.17) is 9.47 Å². The van der Waals surface area contributed by atoms with Crippen molar-refractivity contribution in [3.05, 3.63) is 53.0 Å². The van der Waals surface area contributed by atoms with Crippen molar-refractivity contribution >= 4 is 29.0 Å². The quantitative estimate of drug-likeness (QED) is 0.681. The van der Waals surface area contributed by atoms with Crippen molar-refractivity contribution in [2.75, 3.05) is 14.2 Å². The Bertz CT molecular complexity index is 1070. The number of fused-ring (bicyclic) bond motifs is 1. The van der Waals surface area contributed by atoms with Crippen molar-refractivity contribution in [2.24, 2.45) is 0 Å². The van der Waals surface area contributed by atoms with E-state index < -0.39 is 5.82 Å². The van der Waals surface area contributed by atoms with Crippen LogP contribution in [0.2, 0.25) is 0 Å². The van der Waals surface area contributed by atoms with Gasteiger partial charge in [-0.25, -0.2) is 4.39 Å². The summed E-state index contributed by atoms with van der Waals surface area (Å²) >= 11 is 0. The SMILES string of the molecule is COc1ccc(C=Cc2[nH]nc3ccc(C(=O)NC4CC4)c(OC)c23)cc1F. The van der Waals surface area contributed by atoms with E-state index in [1.807, 2.05) is 0 Å². The Kier molecular flexibility index (Phi) is 4.73. The summed E-state index contributed by atoms with van der Waals surface area (Å²) in [4.78, 5) is 12.5. The Morgan fingerprint density at radius 3 is 2.71 bits per heavy atom. The van der Waals surface area contributed by atoms with Gasteiger partial charge in [0.1, 0.15) is 5.75 Å². The third-order valence-electron chi connectivity index (χ3n) is 4.68. The third kappa shape index (κ3) is 3.43. The average molecular weight is 381 g/mol. The van der Waals surface area contributed by atoms with Crippen molar-refractivity contribution in [3.8, 4) is 11.5 Å². The van der Waals surface area contributed by atoms with Crippen molar-refractivity contribution in [2.45, 2.75) is 18.9 Å². The lowest BCUT2D eigenvalue weighted by Gasteiger charge is -2.10. The van der Waals surface area contributed by atoms with Gasteiger partial charge in [0.15, 0.2) is 11.6 Å². The number of hydrogen-bond donors (Lipinski definition) is 2. The molecular weight excluding hydrogens is 361 g/mol. The van der Waals surface area contributed by atoms with Crippen molar-refractivity contribution < 1.29 is 18.7 Å². The first kappa shape index (κ1) is 18.0. The number of nitrogens with zero attached hydrogens (tertiary/aromatic N) is 1. The molecule has 1 saturated carbocycles. The zero-order valence-electron chi connectivity index (χ0n) is 15.6. The Morgan fingerprint density at radius 1 is 1.21 bits per heavy atom. The number of aromatic nitrogens is 2. The molecular formula is C21H20FN3O3. The predicted octanol–water partition coefficient (Wildman–Crippen LogP) is 3.78. The first-order valence-electron chi connectivity index (χ1n) is 8.98. The van der Waals surface area contributed by atoms with Crippen LogP contribution in [0, 0.1) is 5.82 Å². The van der Waals surface area contributed by atoms with Crippen LogP contribution in [0.5, 0.6) is 11.5 Å². The highest BCUT2D eigenvalue weighted by Crippen LogP contribution is 2.33. The molecule has 0 radical (unpaired) electrons. The number of ether oxygens (including phenoxy) is 2. The van der Waals surface area contributed by atoms with Gasteiger partial charge >= 0.3 is 0 Å². The van der Waals surface area contributed by atoms with Gasteiger partial charge in [-0.05, 0) is 48.7 Å². The fraction of sp³-hybridized carbons (Fsp3) is 0.238. The van der Waals surface area contributed by atoms with E-state index in [0.29, 0.717) is 33.5 Å². The number of halogens is 1. The maximum absolute atomic E-state index is 13.9. The summed E-state index contributed by atoms with van der Waals surface area (Å²) in [6, 6.07) is 8.46. The molecule has 2 N–H and O–H groups in total. The van der Waals surface area contributed by atoms with Gasteiger partial charge in [0.2, 0.25) is 0 Å². The van der Waals surface area contributed by atoms with Crippen LogP contribution in [-0.4, -0.2) is 36.4 Å². The van der Waals surface area contributed by atoms with Crippen LogP contribution in [-0.2, 0) is 0 Å². The van der Waals surface area contributed by atoms with Crippen LogP contribution in [0.4, 0.5) is 4.39 Å². The number of carbonyl (C=O) groups excluding carboxylic acids is 1. The molecule has 4 rings (SSSR count). The molecule has 0 unspecified atom stereocenters. The lowest BCUT2D eigenvalue weighted by Crippen LogP contribution is -2.25. The lowest BCUT2D eigenvalue weighted by atomic mass is 10.1. The molecule has 1 heterocycles. The molecule has 0 bridgehead atoms. The molecule has 1 fully saturated rings. The highest BCUT2D eigenvalue weighted by atomic mass is 19.1. The van der Waals surface area contributed by atoms with Crippen LogP contribution in [0.15, 0.2) is 30.3 Å². The summed E-state index contributed by atoms with van der Waals surface area (Å²) in [5.74, 6) is 0.0624. The molecule has 0 spiro atoms. The van der Waals surface area contributed by atoms with E-state index in [0.717, 1.165) is 12.8 Å². The Labute approximate surface area is 161 Å². The van der Waals surface area contributed by atoms with Crippen LogP contribution in [0.1, 0.15) is 34.5 Å². The highest BCUT2D eigenvalue weighted by molar-refractivity contribution is 6.05. The fourth-order valence-electron chi connectivity index (χ4n) is 3.07. The van der Waals surface area contributed by atoms with Gasteiger partial charge in [-0.3, -0.25) is 9.89 Å². The molecule has 28 heavy (non-hydrogen) atoms. The third-order valence-corrected chi connectivity index (χ3v) is 4.68. The van der Waals surface area contributed by atoms with E-state index in [-0.39, 0.29) is 17.7 Å². The Hall–Kier alpha value is -3.35. The summed E-state index contributed by atoms with van der Waals surface area (Å²) < 4.78 is 24.4. The summed E-state index contributed by atoms with van der Waals surface area (Å²) in [6.45, 7) is 0. The van der Waals surface area contributed by atoms with Gasteiger partial charge in [-0.1, -0.05) is 12.1 Å². The van der Waals surface area contributed by atoms with Gasteiger partial charge in [0, 0.05) is 6.04 Å². The number of amides is 1. The van der Waals surface area contributed by atoms with Gasteiger partial charge < -0.3 is 14.8 Å². The summed E-state index contributed by atoms with van der Waals surface area (Å²) in [6.07, 6.45) is 5.55. The monoisotopic (exact) mass is 381 g/mol. The minimum absolute atomic E-state index is 0.158. The first-order valence-corrected chi connectivity index (χ1v) is 8.98. The van der Waals surface area contributed by atoms with Crippen LogP contribution in [0.25, 0.3) is 23.1 Å². The van der Waals surface area contributed by atoms with E-state index in [1.54, 1.807) is 36.4 Å². The van der Waals surface area contributed by atoms with Crippen molar-refractivity contribution in [3.63, 3.8) is 0 Å². The number of nitrogens with one attached hydrogen (secondary N) is 2. The Morgan fingerprint density at radius 2 is 2.04 bits per heavy atom. The molecule has 1 amide bonds. The number of carbonyl (C=O) groups is 1. The highest BCUT2D eigenvalue weighted by Gasteiger charge is 2.26. The molecule has 1 aromatic heterocycles. The van der Waals surface area contributed by atoms with Gasteiger partial charge in [-0.2, -0.15) is 5.10 Å². The maximum atomic E-state index is 13.9.